The fraction of sp³-hybridized carbons (Fsp3) is 0.667. The second-order valence-corrected chi connectivity index (χ2v) is 7.57. The number of benzene rings is 1. The number of guanidine groups is 1. The summed E-state index contributed by atoms with van der Waals surface area (Å²) in [6, 6.07) is 8.91. The molecule has 1 aliphatic carbocycles. The zero-order valence-corrected chi connectivity index (χ0v) is 16.7. The summed E-state index contributed by atoms with van der Waals surface area (Å²) in [6.07, 6.45) is 4.92. The van der Waals surface area contributed by atoms with Crippen LogP contribution in [0.2, 0.25) is 0 Å². The van der Waals surface area contributed by atoms with E-state index in [0.717, 1.165) is 63.3 Å². The Morgan fingerprint density at radius 3 is 2.78 bits per heavy atom. The summed E-state index contributed by atoms with van der Waals surface area (Å²) in [7, 11) is 4.00. The molecule has 0 spiro atoms. The van der Waals surface area contributed by atoms with Crippen LogP contribution < -0.4 is 15.4 Å². The van der Waals surface area contributed by atoms with Crippen LogP contribution in [0.3, 0.4) is 0 Å². The second kappa shape index (κ2) is 10.5. The van der Waals surface area contributed by atoms with Crippen LogP contribution in [0.5, 0.6) is 5.75 Å². The van der Waals surface area contributed by atoms with E-state index in [4.69, 9.17) is 9.47 Å². The first-order valence-corrected chi connectivity index (χ1v) is 10.2. The van der Waals surface area contributed by atoms with E-state index in [2.05, 4.69) is 45.8 Å². The minimum atomic E-state index is 0.618. The van der Waals surface area contributed by atoms with E-state index < -0.39 is 0 Å². The molecule has 0 bridgehead atoms. The minimum absolute atomic E-state index is 0.618. The number of hydrogen-bond acceptors (Lipinski definition) is 4. The Morgan fingerprint density at radius 2 is 2.04 bits per heavy atom. The highest BCUT2D eigenvalue weighted by atomic mass is 16.5. The zero-order chi connectivity index (χ0) is 18.9. The standard InChI is InChI=1S/C21H34N4O2/c1-22-21(23-15-17-6-7-17)24-16-18-4-3-5-20(14-18)27-13-10-25(2)19-8-11-26-12-9-19/h3-5,14,17,19H,6-13,15-16H2,1-2H3,(H2,22,23,24). The van der Waals surface area contributed by atoms with Crippen molar-refractivity contribution in [2.45, 2.75) is 38.3 Å². The molecule has 6 nitrogen and oxygen atoms in total. The zero-order valence-electron chi connectivity index (χ0n) is 16.7. The molecule has 6 heteroatoms. The number of aliphatic imine (C=N–C) groups is 1. The SMILES string of the molecule is CN=C(NCc1cccc(OCCN(C)C2CCOCC2)c1)NCC1CC1. The van der Waals surface area contributed by atoms with Gasteiger partial charge in [0.2, 0.25) is 0 Å². The van der Waals surface area contributed by atoms with Crippen molar-refractivity contribution in [2.75, 3.05) is 47.0 Å². The van der Waals surface area contributed by atoms with Crippen LogP contribution in [0.25, 0.3) is 0 Å². The molecule has 2 N–H and O–H groups in total. The van der Waals surface area contributed by atoms with Crippen LogP contribution in [0.15, 0.2) is 29.3 Å². The van der Waals surface area contributed by atoms with Gasteiger partial charge in [-0.25, -0.2) is 0 Å². The third-order valence-electron chi connectivity index (χ3n) is 5.36. The first-order valence-electron chi connectivity index (χ1n) is 10.2. The van der Waals surface area contributed by atoms with Gasteiger partial charge in [-0.1, -0.05) is 12.1 Å². The van der Waals surface area contributed by atoms with Crippen molar-refractivity contribution in [3.63, 3.8) is 0 Å². The van der Waals surface area contributed by atoms with Crippen LogP contribution in [0.4, 0.5) is 0 Å². The average Bonchev–Trinajstić information content (AvgIpc) is 3.53. The first-order chi connectivity index (χ1) is 13.2. The van der Waals surface area contributed by atoms with Gasteiger partial charge in [0.05, 0.1) is 0 Å². The third-order valence-corrected chi connectivity index (χ3v) is 5.36. The van der Waals surface area contributed by atoms with Gasteiger partial charge >= 0.3 is 0 Å². The summed E-state index contributed by atoms with van der Waals surface area (Å²) >= 11 is 0. The molecule has 1 aliphatic heterocycles. The fourth-order valence-electron chi connectivity index (χ4n) is 3.33. The number of rotatable bonds is 9. The Kier molecular flexibility index (Phi) is 7.78. The van der Waals surface area contributed by atoms with Gasteiger partial charge < -0.3 is 20.1 Å². The quantitative estimate of drug-likeness (QED) is 0.513. The molecule has 150 valence electrons. The Morgan fingerprint density at radius 1 is 1.22 bits per heavy atom. The molecule has 0 radical (unpaired) electrons. The van der Waals surface area contributed by atoms with Gasteiger partial charge in [0.1, 0.15) is 12.4 Å². The molecule has 27 heavy (non-hydrogen) atoms. The average molecular weight is 375 g/mol. The van der Waals surface area contributed by atoms with Crippen LogP contribution in [-0.4, -0.2) is 63.9 Å². The number of nitrogens with one attached hydrogen (secondary N) is 2. The number of ether oxygens (including phenoxy) is 2. The van der Waals surface area contributed by atoms with E-state index in [9.17, 15) is 0 Å². The molecule has 1 saturated carbocycles. The molecule has 2 fully saturated rings. The van der Waals surface area contributed by atoms with Crippen LogP contribution in [0.1, 0.15) is 31.2 Å². The van der Waals surface area contributed by atoms with E-state index in [0.29, 0.717) is 12.6 Å². The molecule has 1 saturated heterocycles. The first kappa shape index (κ1) is 20.0. The highest BCUT2D eigenvalue weighted by molar-refractivity contribution is 5.79. The summed E-state index contributed by atoms with van der Waals surface area (Å²) in [4.78, 5) is 6.68. The largest absolute Gasteiger partial charge is 0.492 e. The van der Waals surface area contributed by atoms with Gasteiger partial charge in [-0.3, -0.25) is 9.89 Å². The van der Waals surface area contributed by atoms with Crippen molar-refractivity contribution in [3.8, 4) is 5.75 Å². The Balaban J connectivity index is 1.38. The van der Waals surface area contributed by atoms with Crippen molar-refractivity contribution in [2.24, 2.45) is 10.9 Å². The highest BCUT2D eigenvalue weighted by Gasteiger charge is 2.21. The van der Waals surface area contributed by atoms with Gasteiger partial charge in [-0.05, 0) is 56.3 Å². The van der Waals surface area contributed by atoms with Crippen LogP contribution >= 0.6 is 0 Å². The molecule has 0 amide bonds. The summed E-state index contributed by atoms with van der Waals surface area (Å²) < 4.78 is 11.4. The second-order valence-electron chi connectivity index (χ2n) is 7.57. The van der Waals surface area contributed by atoms with Gasteiger partial charge in [-0.15, -0.1) is 0 Å². The van der Waals surface area contributed by atoms with Crippen molar-refractivity contribution in [1.29, 1.82) is 0 Å². The Bertz CT molecular complexity index is 598. The minimum Gasteiger partial charge on any atom is -0.492 e. The maximum absolute atomic E-state index is 5.98. The van der Waals surface area contributed by atoms with Gasteiger partial charge in [0.25, 0.3) is 0 Å². The van der Waals surface area contributed by atoms with Crippen molar-refractivity contribution >= 4 is 5.96 Å². The highest BCUT2D eigenvalue weighted by Crippen LogP contribution is 2.27. The molecule has 1 aromatic rings. The lowest BCUT2D eigenvalue weighted by Gasteiger charge is -2.31. The number of hydrogen-bond donors (Lipinski definition) is 2. The molecule has 0 unspecified atom stereocenters. The predicted octanol–water partition coefficient (Wildman–Crippen LogP) is 2.25. The molecule has 0 atom stereocenters. The van der Waals surface area contributed by atoms with E-state index in [1.807, 2.05) is 13.1 Å². The van der Waals surface area contributed by atoms with Crippen molar-refractivity contribution in [1.82, 2.24) is 15.5 Å². The van der Waals surface area contributed by atoms with E-state index in [1.165, 1.54) is 18.4 Å². The maximum atomic E-state index is 5.98. The van der Waals surface area contributed by atoms with Crippen molar-refractivity contribution in [3.05, 3.63) is 29.8 Å². The van der Waals surface area contributed by atoms with Crippen LogP contribution in [-0.2, 0) is 11.3 Å². The lowest BCUT2D eigenvalue weighted by molar-refractivity contribution is 0.0392. The normalized spacial score (nSPS) is 18.6. The molecule has 0 aromatic heterocycles. The fourth-order valence-corrected chi connectivity index (χ4v) is 3.33. The number of likely N-dealkylation sites (N-methyl/N-ethyl adjacent to an activating group) is 1. The van der Waals surface area contributed by atoms with Crippen LogP contribution in [0, 0.1) is 5.92 Å². The Hall–Kier alpha value is -1.79. The van der Waals surface area contributed by atoms with E-state index in [-0.39, 0.29) is 0 Å². The summed E-state index contributed by atoms with van der Waals surface area (Å²) in [5, 5.41) is 6.76. The lowest BCUT2D eigenvalue weighted by Crippen LogP contribution is -2.38. The lowest BCUT2D eigenvalue weighted by atomic mass is 10.1. The third kappa shape index (κ3) is 7.03. The monoisotopic (exact) mass is 374 g/mol. The smallest absolute Gasteiger partial charge is 0.191 e. The predicted molar refractivity (Wildman–Crippen MR) is 109 cm³/mol. The molecule has 1 aromatic carbocycles. The topological polar surface area (TPSA) is 58.1 Å². The van der Waals surface area contributed by atoms with Gasteiger partial charge in [0.15, 0.2) is 5.96 Å². The summed E-state index contributed by atoms with van der Waals surface area (Å²) in [5.41, 5.74) is 1.19. The van der Waals surface area contributed by atoms with Gasteiger partial charge in [0, 0.05) is 45.9 Å². The maximum Gasteiger partial charge on any atom is 0.191 e. The Labute approximate surface area is 163 Å². The van der Waals surface area contributed by atoms with Gasteiger partial charge in [-0.2, -0.15) is 0 Å². The van der Waals surface area contributed by atoms with E-state index in [1.54, 1.807) is 0 Å². The molecule has 2 aliphatic rings. The van der Waals surface area contributed by atoms with E-state index >= 15 is 0 Å². The molecular weight excluding hydrogens is 340 g/mol. The summed E-state index contributed by atoms with van der Waals surface area (Å²) in [5.74, 6) is 2.63. The molecular formula is C21H34N4O2. The number of nitrogens with zero attached hydrogens (tertiary/aromatic N) is 2. The summed E-state index contributed by atoms with van der Waals surface area (Å²) in [6.45, 7) is 5.15. The van der Waals surface area contributed by atoms with Crippen molar-refractivity contribution < 1.29 is 9.47 Å². The molecule has 1 heterocycles. The molecule has 3 rings (SSSR count).